The van der Waals surface area contributed by atoms with E-state index in [-0.39, 0.29) is 12.5 Å². The molecule has 0 spiro atoms. The summed E-state index contributed by atoms with van der Waals surface area (Å²) in [5, 5.41) is 8.73. The Hall–Kier alpha value is -1.60. The lowest BCUT2D eigenvalue weighted by Gasteiger charge is -2.12. The Balaban J connectivity index is 2.80. The van der Waals surface area contributed by atoms with Gasteiger partial charge in [0.05, 0.1) is 11.6 Å². The lowest BCUT2D eigenvalue weighted by atomic mass is 10.2. The highest BCUT2D eigenvalue weighted by Crippen LogP contribution is 2.06. The first kappa shape index (κ1) is 10.5. The molecule has 4 nitrogen and oxygen atoms in total. The van der Waals surface area contributed by atoms with Crippen molar-refractivity contribution in [1.82, 2.24) is 9.88 Å². The van der Waals surface area contributed by atoms with E-state index in [0.717, 1.165) is 0 Å². The van der Waals surface area contributed by atoms with Crippen LogP contribution in [0.15, 0.2) is 18.3 Å². The summed E-state index contributed by atoms with van der Waals surface area (Å²) in [5.74, 6) is -0.240. The van der Waals surface area contributed by atoms with Gasteiger partial charge in [-0.1, -0.05) is 11.6 Å². The van der Waals surface area contributed by atoms with Crippen LogP contribution < -0.4 is 0 Å². The van der Waals surface area contributed by atoms with Crippen LogP contribution in [0.1, 0.15) is 10.4 Å². The molecule has 0 aliphatic heterocycles. The second-order valence-electron chi connectivity index (χ2n) is 2.69. The number of pyridine rings is 1. The summed E-state index contributed by atoms with van der Waals surface area (Å²) in [4.78, 5) is 16.6. The molecule has 0 fully saturated rings. The molecule has 0 atom stereocenters. The maximum Gasteiger partial charge on any atom is 0.256 e. The molecule has 5 heteroatoms. The van der Waals surface area contributed by atoms with Crippen molar-refractivity contribution in [1.29, 1.82) is 5.26 Å². The van der Waals surface area contributed by atoms with Gasteiger partial charge in [0.25, 0.3) is 5.91 Å². The Kier molecular flexibility index (Phi) is 3.43. The number of aromatic nitrogens is 1. The average molecular weight is 210 g/mol. The minimum Gasteiger partial charge on any atom is -0.328 e. The molecular weight excluding hydrogens is 202 g/mol. The van der Waals surface area contributed by atoms with Crippen molar-refractivity contribution in [2.75, 3.05) is 13.6 Å². The maximum atomic E-state index is 11.5. The fourth-order valence-corrected chi connectivity index (χ4v) is 1.01. The number of nitrogens with zero attached hydrogens (tertiary/aromatic N) is 3. The summed E-state index contributed by atoms with van der Waals surface area (Å²) in [5.41, 5.74) is 0.423. The molecule has 0 bridgehead atoms. The predicted octanol–water partition coefficient (Wildman–Crippen LogP) is 1.33. The van der Waals surface area contributed by atoms with Gasteiger partial charge in [0.1, 0.15) is 11.7 Å². The molecule has 1 rings (SSSR count). The van der Waals surface area contributed by atoms with Crippen LogP contribution in [0.4, 0.5) is 0 Å². The Morgan fingerprint density at radius 3 is 2.93 bits per heavy atom. The number of hydrogen-bond acceptors (Lipinski definition) is 3. The van der Waals surface area contributed by atoms with E-state index in [0.29, 0.717) is 10.7 Å². The third kappa shape index (κ3) is 2.44. The zero-order chi connectivity index (χ0) is 10.6. The summed E-state index contributed by atoms with van der Waals surface area (Å²) in [6.07, 6.45) is 1.39. The highest BCUT2D eigenvalue weighted by molar-refractivity contribution is 6.29. The van der Waals surface area contributed by atoms with E-state index >= 15 is 0 Å². The first-order valence-corrected chi connectivity index (χ1v) is 4.27. The normalized spacial score (nSPS) is 9.21. The third-order valence-corrected chi connectivity index (χ3v) is 1.85. The zero-order valence-electron chi connectivity index (χ0n) is 7.57. The summed E-state index contributed by atoms with van der Waals surface area (Å²) in [7, 11) is 1.56. The standard InChI is InChI=1S/C9H8ClN3O/c1-13(5-4-11)9(14)7-2-3-8(10)12-6-7/h2-3,6H,5H2,1H3. The molecule has 0 aliphatic rings. The second kappa shape index (κ2) is 4.58. The summed E-state index contributed by atoms with van der Waals surface area (Å²) in [6, 6.07) is 5.00. The number of rotatable bonds is 2. The van der Waals surface area contributed by atoms with Gasteiger partial charge in [-0.2, -0.15) is 5.26 Å². The average Bonchev–Trinajstić information content (AvgIpc) is 2.18. The fourth-order valence-electron chi connectivity index (χ4n) is 0.901. The van der Waals surface area contributed by atoms with Gasteiger partial charge < -0.3 is 4.90 Å². The Morgan fingerprint density at radius 2 is 2.43 bits per heavy atom. The first-order valence-electron chi connectivity index (χ1n) is 3.89. The zero-order valence-corrected chi connectivity index (χ0v) is 8.32. The molecule has 1 aromatic rings. The van der Waals surface area contributed by atoms with Gasteiger partial charge in [-0.15, -0.1) is 0 Å². The maximum absolute atomic E-state index is 11.5. The number of nitriles is 1. The number of carbonyl (C=O) groups is 1. The van der Waals surface area contributed by atoms with E-state index in [1.807, 2.05) is 6.07 Å². The molecule has 0 radical (unpaired) electrons. The van der Waals surface area contributed by atoms with Crippen molar-refractivity contribution in [3.63, 3.8) is 0 Å². The highest BCUT2D eigenvalue weighted by atomic mass is 35.5. The predicted molar refractivity (Wildman–Crippen MR) is 51.8 cm³/mol. The number of carbonyl (C=O) groups excluding carboxylic acids is 1. The molecule has 0 saturated heterocycles. The largest absolute Gasteiger partial charge is 0.328 e. The highest BCUT2D eigenvalue weighted by Gasteiger charge is 2.10. The van der Waals surface area contributed by atoms with Crippen LogP contribution in [0.25, 0.3) is 0 Å². The molecule has 1 amide bonds. The number of amides is 1. The van der Waals surface area contributed by atoms with E-state index in [4.69, 9.17) is 16.9 Å². The summed E-state index contributed by atoms with van der Waals surface area (Å²) >= 11 is 5.57. The molecule has 0 unspecified atom stereocenters. The van der Waals surface area contributed by atoms with Gasteiger partial charge in [0.15, 0.2) is 0 Å². The Bertz CT molecular complexity index is 369. The Labute approximate surface area is 86.7 Å². The van der Waals surface area contributed by atoms with E-state index in [1.54, 1.807) is 13.1 Å². The van der Waals surface area contributed by atoms with Gasteiger partial charge in [0.2, 0.25) is 0 Å². The lowest BCUT2D eigenvalue weighted by Crippen LogP contribution is -2.26. The van der Waals surface area contributed by atoms with Crippen LogP contribution in [0.2, 0.25) is 5.15 Å². The molecular formula is C9H8ClN3O. The molecule has 1 aromatic heterocycles. The first-order chi connectivity index (χ1) is 6.65. The van der Waals surface area contributed by atoms with Gasteiger partial charge in [-0.3, -0.25) is 4.79 Å². The molecule has 1 heterocycles. The van der Waals surface area contributed by atoms with Gasteiger partial charge >= 0.3 is 0 Å². The molecule has 14 heavy (non-hydrogen) atoms. The van der Waals surface area contributed by atoms with E-state index in [2.05, 4.69) is 4.98 Å². The molecule has 0 aromatic carbocycles. The smallest absolute Gasteiger partial charge is 0.256 e. The molecule has 0 saturated carbocycles. The van der Waals surface area contributed by atoms with Crippen molar-refractivity contribution in [2.24, 2.45) is 0 Å². The van der Waals surface area contributed by atoms with Gasteiger partial charge in [0, 0.05) is 13.2 Å². The Morgan fingerprint density at radius 1 is 1.71 bits per heavy atom. The van der Waals surface area contributed by atoms with Crippen molar-refractivity contribution in [2.45, 2.75) is 0 Å². The third-order valence-electron chi connectivity index (χ3n) is 1.63. The second-order valence-corrected chi connectivity index (χ2v) is 3.08. The van der Waals surface area contributed by atoms with E-state index in [9.17, 15) is 4.79 Å². The molecule has 72 valence electrons. The topological polar surface area (TPSA) is 57.0 Å². The van der Waals surface area contributed by atoms with Crippen molar-refractivity contribution in [3.8, 4) is 6.07 Å². The van der Waals surface area contributed by atoms with Crippen molar-refractivity contribution < 1.29 is 4.79 Å². The van der Waals surface area contributed by atoms with Crippen LogP contribution >= 0.6 is 11.6 Å². The van der Waals surface area contributed by atoms with Crippen molar-refractivity contribution >= 4 is 17.5 Å². The summed E-state index contributed by atoms with van der Waals surface area (Å²) < 4.78 is 0. The quantitative estimate of drug-likeness (QED) is 0.546. The minimum absolute atomic E-state index is 0.0570. The fraction of sp³-hybridized carbons (Fsp3) is 0.222. The van der Waals surface area contributed by atoms with Crippen LogP contribution in [0.5, 0.6) is 0 Å². The van der Waals surface area contributed by atoms with Crippen LogP contribution in [0, 0.1) is 11.3 Å². The van der Waals surface area contributed by atoms with Crippen LogP contribution in [-0.4, -0.2) is 29.4 Å². The van der Waals surface area contributed by atoms with Crippen LogP contribution in [-0.2, 0) is 0 Å². The van der Waals surface area contributed by atoms with Crippen molar-refractivity contribution in [3.05, 3.63) is 29.0 Å². The molecule has 0 N–H and O–H groups in total. The lowest BCUT2D eigenvalue weighted by molar-refractivity contribution is 0.0811. The van der Waals surface area contributed by atoms with Gasteiger partial charge in [-0.25, -0.2) is 4.98 Å². The number of hydrogen-bond donors (Lipinski definition) is 0. The monoisotopic (exact) mass is 209 g/mol. The van der Waals surface area contributed by atoms with E-state index < -0.39 is 0 Å². The SMILES string of the molecule is CN(CC#N)C(=O)c1ccc(Cl)nc1. The number of halogens is 1. The van der Waals surface area contributed by atoms with Gasteiger partial charge in [-0.05, 0) is 12.1 Å². The molecule has 0 aliphatic carbocycles. The van der Waals surface area contributed by atoms with E-state index in [1.165, 1.54) is 17.2 Å². The minimum atomic E-state index is -0.240. The van der Waals surface area contributed by atoms with Crippen LogP contribution in [0.3, 0.4) is 0 Å². The summed E-state index contributed by atoms with van der Waals surface area (Å²) in [6.45, 7) is 0.0570.